The highest BCUT2D eigenvalue weighted by atomic mass is 19.1. The molecular formula is C15H15FN2O2. The van der Waals surface area contributed by atoms with Gasteiger partial charge in [0.25, 0.3) is 0 Å². The number of halogens is 1. The Morgan fingerprint density at radius 3 is 2.35 bits per heavy atom. The van der Waals surface area contributed by atoms with Gasteiger partial charge in [0.05, 0.1) is 4.92 Å². The van der Waals surface area contributed by atoms with Crippen LogP contribution in [0.2, 0.25) is 0 Å². The van der Waals surface area contributed by atoms with Gasteiger partial charge in [-0.15, -0.1) is 0 Å². The summed E-state index contributed by atoms with van der Waals surface area (Å²) in [4.78, 5) is 9.81. The molecule has 4 nitrogen and oxygen atoms in total. The van der Waals surface area contributed by atoms with Crippen LogP contribution < -0.4 is 5.32 Å². The zero-order chi connectivity index (χ0) is 14.7. The number of anilines is 1. The molecule has 20 heavy (non-hydrogen) atoms. The molecule has 0 radical (unpaired) electrons. The molecule has 0 aliphatic carbocycles. The van der Waals surface area contributed by atoms with Crippen LogP contribution in [0.5, 0.6) is 0 Å². The maximum Gasteiger partial charge on any atom is 0.304 e. The molecule has 0 fully saturated rings. The number of benzene rings is 2. The predicted octanol–water partition coefficient (Wildman–Crippen LogP) is 3.96. The highest BCUT2D eigenvalue weighted by molar-refractivity contribution is 5.49. The van der Waals surface area contributed by atoms with E-state index in [2.05, 4.69) is 11.4 Å². The summed E-state index contributed by atoms with van der Waals surface area (Å²) >= 11 is 0. The molecule has 2 aromatic carbocycles. The van der Waals surface area contributed by atoms with Gasteiger partial charge in [-0.05, 0) is 48.7 Å². The molecule has 0 bridgehead atoms. The summed E-state index contributed by atoms with van der Waals surface area (Å²) in [6.07, 6.45) is 0. The fourth-order valence-corrected chi connectivity index (χ4v) is 2.09. The second-order valence-corrected chi connectivity index (χ2v) is 4.77. The molecule has 0 saturated heterocycles. The minimum Gasteiger partial charge on any atom is -0.381 e. The van der Waals surface area contributed by atoms with Crippen LogP contribution in [0.3, 0.4) is 0 Å². The lowest BCUT2D eigenvalue weighted by molar-refractivity contribution is -0.387. The normalized spacial score (nSPS) is 10.3. The Bertz CT molecular complexity index is 636. The Balaban J connectivity index is 2.11. The first kappa shape index (κ1) is 14.0. The summed E-state index contributed by atoms with van der Waals surface area (Å²) in [5.74, 6) is -0.810. The standard InChI is InChI=1S/C15H15FN2O2/c1-10-5-11(2)7-13(6-10)17-9-12-3-4-15(18(19)20)14(16)8-12/h3-8,17H,9H2,1-2H3. The number of hydrogen-bond acceptors (Lipinski definition) is 3. The summed E-state index contributed by atoms with van der Waals surface area (Å²) in [5, 5.41) is 13.7. The van der Waals surface area contributed by atoms with E-state index in [0.717, 1.165) is 16.8 Å². The van der Waals surface area contributed by atoms with E-state index in [4.69, 9.17) is 0 Å². The molecule has 1 N–H and O–H groups in total. The smallest absolute Gasteiger partial charge is 0.304 e. The van der Waals surface area contributed by atoms with E-state index in [1.165, 1.54) is 12.1 Å². The molecule has 0 aliphatic heterocycles. The molecular weight excluding hydrogens is 259 g/mol. The largest absolute Gasteiger partial charge is 0.381 e. The molecule has 0 aromatic heterocycles. The van der Waals surface area contributed by atoms with Crippen molar-refractivity contribution in [3.05, 3.63) is 69.0 Å². The quantitative estimate of drug-likeness (QED) is 0.678. The van der Waals surface area contributed by atoms with Crippen molar-refractivity contribution in [3.8, 4) is 0 Å². The van der Waals surface area contributed by atoms with Crippen molar-refractivity contribution >= 4 is 11.4 Å². The van der Waals surface area contributed by atoms with Gasteiger partial charge in [-0.1, -0.05) is 12.1 Å². The summed E-state index contributed by atoms with van der Waals surface area (Å²) in [5.41, 5.74) is 3.39. The van der Waals surface area contributed by atoms with Gasteiger partial charge in [0, 0.05) is 18.3 Å². The Kier molecular flexibility index (Phi) is 3.98. The highest BCUT2D eigenvalue weighted by Gasteiger charge is 2.13. The van der Waals surface area contributed by atoms with Crippen LogP contribution in [0.15, 0.2) is 36.4 Å². The van der Waals surface area contributed by atoms with E-state index in [9.17, 15) is 14.5 Å². The maximum atomic E-state index is 13.5. The minimum atomic E-state index is -0.810. The zero-order valence-corrected chi connectivity index (χ0v) is 11.3. The molecule has 0 spiro atoms. The lowest BCUT2D eigenvalue weighted by atomic mass is 10.1. The van der Waals surface area contributed by atoms with E-state index in [1.807, 2.05) is 26.0 Å². The molecule has 2 rings (SSSR count). The average molecular weight is 274 g/mol. The van der Waals surface area contributed by atoms with Crippen LogP contribution >= 0.6 is 0 Å². The number of nitrogens with one attached hydrogen (secondary N) is 1. The minimum absolute atomic E-state index is 0.414. The van der Waals surface area contributed by atoms with Crippen LogP contribution in [-0.2, 0) is 6.54 Å². The number of rotatable bonds is 4. The average Bonchev–Trinajstić information content (AvgIpc) is 2.35. The number of nitrogens with zero attached hydrogens (tertiary/aromatic N) is 1. The molecule has 0 aliphatic rings. The number of hydrogen-bond donors (Lipinski definition) is 1. The van der Waals surface area contributed by atoms with Gasteiger partial charge in [0.15, 0.2) is 0 Å². The second-order valence-electron chi connectivity index (χ2n) is 4.77. The van der Waals surface area contributed by atoms with Gasteiger partial charge in [-0.25, -0.2) is 0 Å². The molecule has 0 unspecified atom stereocenters. The summed E-state index contributed by atoms with van der Waals surface area (Å²) in [6.45, 7) is 4.42. The van der Waals surface area contributed by atoms with Crippen LogP contribution in [0, 0.1) is 29.8 Å². The van der Waals surface area contributed by atoms with Crippen LogP contribution in [0.4, 0.5) is 15.8 Å². The first-order valence-corrected chi connectivity index (χ1v) is 6.20. The van der Waals surface area contributed by atoms with Crippen molar-refractivity contribution in [2.24, 2.45) is 0 Å². The van der Waals surface area contributed by atoms with Crippen LogP contribution in [-0.4, -0.2) is 4.92 Å². The Labute approximate surface area is 116 Å². The fraction of sp³-hybridized carbons (Fsp3) is 0.200. The Morgan fingerprint density at radius 2 is 1.80 bits per heavy atom. The summed E-state index contributed by atoms with van der Waals surface area (Å²) in [6, 6.07) is 9.98. The third-order valence-corrected chi connectivity index (χ3v) is 2.93. The van der Waals surface area contributed by atoms with Crippen molar-refractivity contribution in [2.45, 2.75) is 20.4 Å². The molecule has 0 heterocycles. The molecule has 5 heteroatoms. The summed E-state index contributed by atoms with van der Waals surface area (Å²) in [7, 11) is 0. The Morgan fingerprint density at radius 1 is 1.15 bits per heavy atom. The lowest BCUT2D eigenvalue weighted by Crippen LogP contribution is -2.01. The van der Waals surface area contributed by atoms with Crippen molar-refractivity contribution in [3.63, 3.8) is 0 Å². The monoisotopic (exact) mass is 274 g/mol. The van der Waals surface area contributed by atoms with Gasteiger partial charge in [0.1, 0.15) is 0 Å². The van der Waals surface area contributed by atoms with E-state index < -0.39 is 16.4 Å². The van der Waals surface area contributed by atoms with Crippen molar-refractivity contribution < 1.29 is 9.31 Å². The highest BCUT2D eigenvalue weighted by Crippen LogP contribution is 2.19. The van der Waals surface area contributed by atoms with E-state index >= 15 is 0 Å². The van der Waals surface area contributed by atoms with Crippen LogP contribution in [0.1, 0.15) is 16.7 Å². The van der Waals surface area contributed by atoms with E-state index in [1.54, 1.807) is 6.07 Å². The van der Waals surface area contributed by atoms with Gasteiger partial charge in [-0.3, -0.25) is 10.1 Å². The number of nitro benzene ring substituents is 1. The fourth-order valence-electron chi connectivity index (χ4n) is 2.09. The lowest BCUT2D eigenvalue weighted by Gasteiger charge is -2.09. The second kappa shape index (κ2) is 5.69. The van der Waals surface area contributed by atoms with Crippen LogP contribution in [0.25, 0.3) is 0 Å². The molecule has 104 valence electrons. The first-order valence-electron chi connectivity index (χ1n) is 6.20. The number of nitro groups is 1. The third kappa shape index (κ3) is 3.32. The predicted molar refractivity (Wildman–Crippen MR) is 76.3 cm³/mol. The Hall–Kier alpha value is -2.43. The molecule has 2 aromatic rings. The van der Waals surface area contributed by atoms with Gasteiger partial charge in [-0.2, -0.15) is 4.39 Å². The van der Waals surface area contributed by atoms with Crippen molar-refractivity contribution in [1.82, 2.24) is 0 Å². The third-order valence-electron chi connectivity index (χ3n) is 2.93. The SMILES string of the molecule is Cc1cc(C)cc(NCc2ccc([N+](=O)[O-])c(F)c2)c1. The number of aryl methyl sites for hydroxylation is 2. The van der Waals surface area contributed by atoms with E-state index in [-0.39, 0.29) is 0 Å². The van der Waals surface area contributed by atoms with E-state index in [0.29, 0.717) is 12.1 Å². The topological polar surface area (TPSA) is 55.2 Å². The maximum absolute atomic E-state index is 13.5. The summed E-state index contributed by atoms with van der Waals surface area (Å²) < 4.78 is 13.5. The molecule has 0 saturated carbocycles. The van der Waals surface area contributed by atoms with Gasteiger partial charge >= 0.3 is 5.69 Å². The first-order chi connectivity index (χ1) is 9.45. The van der Waals surface area contributed by atoms with Gasteiger partial charge < -0.3 is 5.32 Å². The molecule has 0 atom stereocenters. The van der Waals surface area contributed by atoms with Crippen molar-refractivity contribution in [2.75, 3.05) is 5.32 Å². The molecule has 0 amide bonds. The van der Waals surface area contributed by atoms with Gasteiger partial charge in [0.2, 0.25) is 5.82 Å². The zero-order valence-electron chi connectivity index (χ0n) is 11.3. The van der Waals surface area contributed by atoms with Crippen molar-refractivity contribution in [1.29, 1.82) is 0 Å².